The number of aromatic nitrogens is 2. The van der Waals surface area contributed by atoms with E-state index in [4.69, 9.17) is 4.52 Å². The minimum atomic E-state index is -4.15. The van der Waals surface area contributed by atoms with Gasteiger partial charge in [-0.2, -0.15) is 13.2 Å². The molecule has 1 aliphatic heterocycles. The highest BCUT2D eigenvalue weighted by molar-refractivity contribution is 5.78. The molecule has 9 heteroatoms. The SMILES string of the molecule is Cc1cc(CC(=O)NC2CCC(CCN3CCc4ccc(CCC(F)(F)F)nc4CC3)CC2)on1. The molecule has 0 bridgehead atoms. The summed E-state index contributed by atoms with van der Waals surface area (Å²) in [6.07, 6.45) is 2.27. The average molecular weight is 493 g/mol. The van der Waals surface area contributed by atoms with Gasteiger partial charge in [-0.1, -0.05) is 11.2 Å². The third kappa shape index (κ3) is 8.05. The normalized spacial score (nSPS) is 21.4. The molecule has 3 heterocycles. The number of nitrogens with one attached hydrogen (secondary N) is 1. The van der Waals surface area contributed by atoms with Gasteiger partial charge in [0.2, 0.25) is 5.91 Å². The molecule has 0 spiro atoms. The molecule has 4 rings (SSSR count). The molecule has 1 saturated carbocycles. The second-order valence-electron chi connectivity index (χ2n) is 10.1. The Morgan fingerprint density at radius 2 is 1.94 bits per heavy atom. The fraction of sp³-hybridized carbons (Fsp3) is 0.654. The molecule has 1 N–H and O–H groups in total. The Morgan fingerprint density at radius 3 is 2.66 bits per heavy atom. The fourth-order valence-electron chi connectivity index (χ4n) is 5.20. The van der Waals surface area contributed by atoms with E-state index in [0.29, 0.717) is 17.4 Å². The van der Waals surface area contributed by atoms with Gasteiger partial charge < -0.3 is 14.7 Å². The van der Waals surface area contributed by atoms with Gasteiger partial charge >= 0.3 is 6.18 Å². The number of rotatable bonds is 8. The van der Waals surface area contributed by atoms with E-state index in [1.807, 2.05) is 13.0 Å². The largest absolute Gasteiger partial charge is 0.389 e. The predicted octanol–water partition coefficient (Wildman–Crippen LogP) is 4.58. The molecule has 35 heavy (non-hydrogen) atoms. The van der Waals surface area contributed by atoms with E-state index in [0.717, 1.165) is 76.0 Å². The van der Waals surface area contributed by atoms with Crippen LogP contribution in [0.3, 0.4) is 0 Å². The molecule has 0 aromatic carbocycles. The molecule has 2 aliphatic rings. The number of halogens is 3. The van der Waals surface area contributed by atoms with Crippen LogP contribution in [0.4, 0.5) is 13.2 Å². The zero-order valence-corrected chi connectivity index (χ0v) is 20.4. The lowest BCUT2D eigenvalue weighted by Crippen LogP contribution is -2.39. The Morgan fingerprint density at radius 1 is 1.17 bits per heavy atom. The van der Waals surface area contributed by atoms with Crippen molar-refractivity contribution >= 4 is 5.91 Å². The molecule has 2 aromatic heterocycles. The van der Waals surface area contributed by atoms with Crippen LogP contribution < -0.4 is 5.32 Å². The van der Waals surface area contributed by atoms with Crippen LogP contribution in [0.5, 0.6) is 0 Å². The van der Waals surface area contributed by atoms with Crippen LogP contribution in [0, 0.1) is 12.8 Å². The average Bonchev–Trinajstić information content (AvgIpc) is 3.10. The van der Waals surface area contributed by atoms with Gasteiger partial charge in [0.15, 0.2) is 0 Å². The van der Waals surface area contributed by atoms with E-state index in [-0.39, 0.29) is 24.8 Å². The van der Waals surface area contributed by atoms with Crippen molar-refractivity contribution in [2.24, 2.45) is 5.92 Å². The molecule has 0 radical (unpaired) electrons. The number of hydrogen-bond acceptors (Lipinski definition) is 5. The summed E-state index contributed by atoms with van der Waals surface area (Å²) in [6, 6.07) is 5.74. The van der Waals surface area contributed by atoms with Crippen molar-refractivity contribution in [3.63, 3.8) is 0 Å². The Balaban J connectivity index is 1.16. The first-order chi connectivity index (χ1) is 16.7. The molecule has 6 nitrogen and oxygen atoms in total. The van der Waals surface area contributed by atoms with Crippen molar-refractivity contribution in [1.82, 2.24) is 20.4 Å². The molecular formula is C26H35F3N4O2. The summed E-state index contributed by atoms with van der Waals surface area (Å²) in [7, 11) is 0. The highest BCUT2D eigenvalue weighted by Crippen LogP contribution is 2.28. The Labute approximate surface area is 204 Å². The quantitative estimate of drug-likeness (QED) is 0.584. The van der Waals surface area contributed by atoms with Gasteiger partial charge in [0, 0.05) is 49.4 Å². The molecule has 1 aliphatic carbocycles. The third-order valence-electron chi connectivity index (χ3n) is 7.23. The van der Waals surface area contributed by atoms with E-state index in [9.17, 15) is 18.0 Å². The molecule has 0 saturated heterocycles. The van der Waals surface area contributed by atoms with E-state index in [2.05, 4.69) is 20.4 Å². The maximum absolute atomic E-state index is 12.5. The minimum absolute atomic E-state index is 0.0103. The summed E-state index contributed by atoms with van der Waals surface area (Å²) in [6.45, 7) is 4.73. The van der Waals surface area contributed by atoms with Crippen molar-refractivity contribution < 1.29 is 22.5 Å². The lowest BCUT2D eigenvalue weighted by molar-refractivity contribution is -0.134. The Bertz CT molecular complexity index is 983. The number of alkyl halides is 3. The zero-order chi connectivity index (χ0) is 24.8. The molecule has 1 fully saturated rings. The molecule has 192 valence electrons. The summed E-state index contributed by atoms with van der Waals surface area (Å²) in [5.74, 6) is 1.25. The van der Waals surface area contributed by atoms with Gasteiger partial charge in [-0.25, -0.2) is 0 Å². The first kappa shape index (κ1) is 25.7. The maximum Gasteiger partial charge on any atom is 0.389 e. The van der Waals surface area contributed by atoms with Crippen LogP contribution in [0.2, 0.25) is 0 Å². The van der Waals surface area contributed by atoms with E-state index in [1.54, 1.807) is 12.1 Å². The van der Waals surface area contributed by atoms with Crippen LogP contribution in [0.1, 0.15) is 66.9 Å². The van der Waals surface area contributed by atoms with Gasteiger partial charge in [0.25, 0.3) is 0 Å². The Hall–Kier alpha value is -2.42. The summed E-state index contributed by atoms with van der Waals surface area (Å²) in [4.78, 5) is 19.3. The van der Waals surface area contributed by atoms with Crippen LogP contribution in [0.15, 0.2) is 22.7 Å². The zero-order valence-electron chi connectivity index (χ0n) is 20.4. The highest BCUT2D eigenvalue weighted by atomic mass is 19.4. The number of aryl methyl sites for hydroxylation is 2. The van der Waals surface area contributed by atoms with E-state index >= 15 is 0 Å². The van der Waals surface area contributed by atoms with Crippen molar-refractivity contribution in [2.45, 2.75) is 83.4 Å². The first-order valence-electron chi connectivity index (χ1n) is 12.7. The topological polar surface area (TPSA) is 71.3 Å². The number of amides is 1. The minimum Gasteiger partial charge on any atom is -0.361 e. The third-order valence-corrected chi connectivity index (χ3v) is 7.23. The highest BCUT2D eigenvalue weighted by Gasteiger charge is 2.27. The van der Waals surface area contributed by atoms with Crippen molar-refractivity contribution in [3.05, 3.63) is 46.6 Å². The van der Waals surface area contributed by atoms with Crippen LogP contribution in [-0.2, 0) is 30.5 Å². The fourth-order valence-corrected chi connectivity index (χ4v) is 5.20. The van der Waals surface area contributed by atoms with Gasteiger partial charge in [0.05, 0.1) is 12.1 Å². The molecule has 0 unspecified atom stereocenters. The standard InChI is InChI=1S/C26H35F3N4O2/c1-18-16-23(35-32-18)17-25(34)31-21-5-2-19(3-6-21)9-13-33-14-10-20-4-7-22(8-12-26(27,28)29)30-24(20)11-15-33/h4,7,16,19,21H,2-3,5-6,8-15,17H2,1H3,(H,31,34). The molecular weight excluding hydrogens is 457 g/mol. The molecule has 0 atom stereocenters. The monoisotopic (exact) mass is 492 g/mol. The summed E-state index contributed by atoms with van der Waals surface area (Å²) in [5.41, 5.74) is 3.45. The van der Waals surface area contributed by atoms with E-state index in [1.165, 1.54) is 5.56 Å². The molecule has 2 aromatic rings. The second kappa shape index (κ2) is 11.5. The first-order valence-corrected chi connectivity index (χ1v) is 12.7. The van der Waals surface area contributed by atoms with Gasteiger partial charge in [0.1, 0.15) is 5.76 Å². The maximum atomic E-state index is 12.5. The lowest BCUT2D eigenvalue weighted by Gasteiger charge is -2.30. The van der Waals surface area contributed by atoms with E-state index < -0.39 is 12.6 Å². The number of carbonyl (C=O) groups is 1. The Kier molecular flexibility index (Phi) is 8.46. The number of hydrogen-bond donors (Lipinski definition) is 1. The van der Waals surface area contributed by atoms with Gasteiger partial charge in [-0.05, 0) is 76.0 Å². The second-order valence-corrected chi connectivity index (χ2v) is 10.1. The van der Waals surface area contributed by atoms with Crippen LogP contribution >= 0.6 is 0 Å². The van der Waals surface area contributed by atoms with Crippen molar-refractivity contribution in [1.29, 1.82) is 0 Å². The predicted molar refractivity (Wildman–Crippen MR) is 126 cm³/mol. The summed E-state index contributed by atoms with van der Waals surface area (Å²) < 4.78 is 42.7. The molecule has 1 amide bonds. The van der Waals surface area contributed by atoms with Crippen molar-refractivity contribution in [3.8, 4) is 0 Å². The summed E-state index contributed by atoms with van der Waals surface area (Å²) in [5, 5.41) is 6.96. The van der Waals surface area contributed by atoms with Gasteiger partial charge in [-0.3, -0.25) is 9.78 Å². The number of fused-ring (bicyclic) bond motifs is 1. The van der Waals surface area contributed by atoms with Crippen LogP contribution in [-0.4, -0.2) is 52.8 Å². The number of nitrogens with zero attached hydrogens (tertiary/aromatic N) is 3. The number of pyridine rings is 1. The number of carbonyl (C=O) groups excluding carboxylic acids is 1. The van der Waals surface area contributed by atoms with Gasteiger partial charge in [-0.15, -0.1) is 0 Å². The smallest absolute Gasteiger partial charge is 0.361 e. The van der Waals surface area contributed by atoms with Crippen molar-refractivity contribution in [2.75, 3.05) is 19.6 Å². The summed E-state index contributed by atoms with van der Waals surface area (Å²) >= 11 is 0. The van der Waals surface area contributed by atoms with Crippen LogP contribution in [0.25, 0.3) is 0 Å². The lowest BCUT2D eigenvalue weighted by atomic mass is 9.84.